The maximum atomic E-state index is 11.0. The van der Waals surface area contributed by atoms with Crippen LogP contribution in [0.3, 0.4) is 0 Å². The van der Waals surface area contributed by atoms with Crippen molar-refractivity contribution in [1.82, 2.24) is 15.3 Å². The number of hydrogen-bond acceptors (Lipinski definition) is 7. The number of benzene rings is 2. The number of nitrogens with one attached hydrogen (secondary N) is 2. The van der Waals surface area contributed by atoms with Gasteiger partial charge >= 0.3 is 5.97 Å². The van der Waals surface area contributed by atoms with Gasteiger partial charge in [-0.05, 0) is 43.4 Å². The van der Waals surface area contributed by atoms with E-state index in [-0.39, 0.29) is 18.6 Å². The summed E-state index contributed by atoms with van der Waals surface area (Å²) < 4.78 is 11.7. The number of methoxy groups -OCH3 is 1. The molecule has 0 saturated heterocycles. The number of nitrogens with zero attached hydrogens (tertiary/aromatic N) is 2. The van der Waals surface area contributed by atoms with Crippen LogP contribution in [0.4, 0.5) is 5.82 Å². The summed E-state index contributed by atoms with van der Waals surface area (Å²) in [6.45, 7) is -0.0288. The van der Waals surface area contributed by atoms with Crippen molar-refractivity contribution < 1.29 is 19.1 Å². The molecule has 8 nitrogen and oxygen atoms in total. The van der Waals surface area contributed by atoms with Gasteiger partial charge in [0.2, 0.25) is 5.71 Å². The lowest BCUT2D eigenvalue weighted by atomic mass is 9.90. The first-order chi connectivity index (χ1) is 17.1. The highest BCUT2D eigenvalue weighted by molar-refractivity contribution is 6.05. The highest BCUT2D eigenvalue weighted by Crippen LogP contribution is 2.43. The van der Waals surface area contributed by atoms with Gasteiger partial charge in [0.15, 0.2) is 0 Å². The minimum absolute atomic E-state index is 0.0288. The average molecular weight is 473 g/mol. The second-order valence-electron chi connectivity index (χ2n) is 8.78. The normalized spacial score (nSPS) is 17.9. The van der Waals surface area contributed by atoms with Gasteiger partial charge in [0.05, 0.1) is 19.0 Å². The Kier molecular flexibility index (Phi) is 6.63. The van der Waals surface area contributed by atoms with Gasteiger partial charge < -0.3 is 24.9 Å². The van der Waals surface area contributed by atoms with Crippen molar-refractivity contribution in [2.45, 2.75) is 37.8 Å². The number of furan rings is 1. The number of aliphatic carboxylic acids is 1. The molecule has 8 heteroatoms. The van der Waals surface area contributed by atoms with Crippen LogP contribution in [0.5, 0.6) is 5.75 Å². The van der Waals surface area contributed by atoms with Gasteiger partial charge in [-0.15, -0.1) is 0 Å². The van der Waals surface area contributed by atoms with E-state index in [1.807, 2.05) is 54.6 Å². The van der Waals surface area contributed by atoms with Crippen LogP contribution in [0, 0.1) is 0 Å². The summed E-state index contributed by atoms with van der Waals surface area (Å²) in [6, 6.07) is 18.2. The average Bonchev–Trinajstić information content (AvgIpc) is 3.29. The summed E-state index contributed by atoms with van der Waals surface area (Å²) >= 11 is 0. The molecule has 1 fully saturated rings. The molecular formula is C27H28N4O4. The number of fused-ring (bicyclic) bond motifs is 1. The summed E-state index contributed by atoms with van der Waals surface area (Å²) in [5.74, 6) is 1.39. The Labute approximate surface area is 203 Å². The monoisotopic (exact) mass is 472 g/mol. The number of rotatable bonds is 8. The van der Waals surface area contributed by atoms with Gasteiger partial charge in [-0.3, -0.25) is 4.79 Å². The van der Waals surface area contributed by atoms with Crippen molar-refractivity contribution in [2.24, 2.45) is 0 Å². The lowest BCUT2D eigenvalue weighted by molar-refractivity contribution is -0.136. The zero-order valence-corrected chi connectivity index (χ0v) is 19.5. The van der Waals surface area contributed by atoms with Crippen molar-refractivity contribution in [2.75, 3.05) is 19.0 Å². The molecule has 1 aliphatic rings. The van der Waals surface area contributed by atoms with Gasteiger partial charge in [0, 0.05) is 23.2 Å². The van der Waals surface area contributed by atoms with Crippen LogP contribution in [-0.2, 0) is 4.79 Å². The van der Waals surface area contributed by atoms with Crippen LogP contribution in [0.2, 0.25) is 0 Å². The van der Waals surface area contributed by atoms with Crippen molar-refractivity contribution in [1.29, 1.82) is 0 Å². The zero-order valence-electron chi connectivity index (χ0n) is 19.5. The van der Waals surface area contributed by atoms with Gasteiger partial charge in [-0.1, -0.05) is 42.5 Å². The molecule has 2 aromatic carbocycles. The smallest absolute Gasteiger partial charge is 0.317 e. The molecule has 2 aromatic heterocycles. The van der Waals surface area contributed by atoms with Crippen LogP contribution < -0.4 is 15.4 Å². The van der Waals surface area contributed by atoms with Crippen molar-refractivity contribution >= 4 is 22.9 Å². The maximum absolute atomic E-state index is 11.0. The number of carboxylic acids is 1. The number of aromatic nitrogens is 2. The van der Waals surface area contributed by atoms with Crippen molar-refractivity contribution in [3.05, 3.63) is 60.9 Å². The first kappa shape index (κ1) is 22.9. The van der Waals surface area contributed by atoms with Crippen molar-refractivity contribution in [3.63, 3.8) is 0 Å². The standard InChI is InChI=1S/C27H28N4O4/c1-34-21-12-10-17(11-13-21)23-24-26(31-20-9-5-8-19(14-20)28-15-22(32)33)29-16-30-27(24)35-25(23)18-6-3-2-4-7-18/h2-4,6-7,10-13,16,19-20,28H,5,8-9,14-15H2,1H3,(H,32,33)(H,29,30,31)/t19-,20?/m1/s1. The van der Waals surface area contributed by atoms with E-state index in [9.17, 15) is 4.79 Å². The lowest BCUT2D eigenvalue weighted by Gasteiger charge is -2.30. The topological polar surface area (TPSA) is 110 Å². The molecule has 0 aliphatic heterocycles. The van der Waals surface area contributed by atoms with Crippen LogP contribution in [0.25, 0.3) is 33.6 Å². The molecule has 0 radical (unpaired) electrons. The zero-order chi connectivity index (χ0) is 24.2. The van der Waals surface area contributed by atoms with Gasteiger partial charge in [-0.25, -0.2) is 9.97 Å². The van der Waals surface area contributed by atoms with E-state index in [0.717, 1.165) is 65.1 Å². The third kappa shape index (κ3) is 4.97. The molecule has 35 heavy (non-hydrogen) atoms. The summed E-state index contributed by atoms with van der Waals surface area (Å²) in [7, 11) is 1.65. The Morgan fingerprint density at radius 1 is 1.06 bits per heavy atom. The Hall–Kier alpha value is -3.91. The Morgan fingerprint density at radius 2 is 1.83 bits per heavy atom. The molecule has 5 rings (SSSR count). The molecule has 0 amide bonds. The molecule has 2 heterocycles. The Balaban J connectivity index is 1.55. The molecule has 1 saturated carbocycles. The maximum Gasteiger partial charge on any atom is 0.317 e. The van der Waals surface area contributed by atoms with E-state index in [1.165, 1.54) is 6.33 Å². The van der Waals surface area contributed by atoms with E-state index >= 15 is 0 Å². The number of hydrogen-bond donors (Lipinski definition) is 3. The van der Waals surface area contributed by atoms with Gasteiger partial charge in [0.25, 0.3) is 0 Å². The molecule has 1 aliphatic carbocycles. The third-order valence-electron chi connectivity index (χ3n) is 6.46. The minimum Gasteiger partial charge on any atom is -0.497 e. The number of carboxylic acid groups (broad SMARTS) is 1. The third-order valence-corrected chi connectivity index (χ3v) is 6.46. The number of anilines is 1. The predicted molar refractivity (Wildman–Crippen MR) is 135 cm³/mol. The Bertz CT molecular complexity index is 1300. The summed E-state index contributed by atoms with van der Waals surface area (Å²) in [5, 5.41) is 16.6. The highest BCUT2D eigenvalue weighted by atomic mass is 16.5. The lowest BCUT2D eigenvalue weighted by Crippen LogP contribution is -2.41. The summed E-state index contributed by atoms with van der Waals surface area (Å²) in [5.41, 5.74) is 3.38. The van der Waals surface area contributed by atoms with E-state index < -0.39 is 5.97 Å². The van der Waals surface area contributed by atoms with Gasteiger partial charge in [0.1, 0.15) is 23.7 Å². The second kappa shape index (κ2) is 10.1. The largest absolute Gasteiger partial charge is 0.497 e. The molecular weight excluding hydrogens is 444 g/mol. The van der Waals surface area contributed by atoms with E-state index in [4.69, 9.17) is 14.3 Å². The quantitative estimate of drug-likeness (QED) is 0.330. The molecule has 2 atom stereocenters. The molecule has 180 valence electrons. The molecule has 3 N–H and O–H groups in total. The number of ether oxygens (including phenoxy) is 1. The summed E-state index contributed by atoms with van der Waals surface area (Å²) in [4.78, 5) is 20.0. The number of carbonyl (C=O) groups is 1. The van der Waals surface area contributed by atoms with E-state index in [2.05, 4.69) is 20.6 Å². The predicted octanol–water partition coefficient (Wildman–Crippen LogP) is 4.96. The van der Waals surface area contributed by atoms with Crippen LogP contribution in [-0.4, -0.2) is 46.8 Å². The van der Waals surface area contributed by atoms with E-state index in [1.54, 1.807) is 7.11 Å². The molecule has 4 aromatic rings. The second-order valence-corrected chi connectivity index (χ2v) is 8.78. The first-order valence-corrected chi connectivity index (χ1v) is 11.8. The molecule has 1 unspecified atom stereocenters. The van der Waals surface area contributed by atoms with Crippen molar-refractivity contribution in [3.8, 4) is 28.2 Å². The molecule has 0 bridgehead atoms. The van der Waals surface area contributed by atoms with Gasteiger partial charge in [-0.2, -0.15) is 0 Å². The molecule has 0 spiro atoms. The SMILES string of the molecule is COc1ccc(-c2c(-c3ccccc3)oc3ncnc(NC4CCC[C@@H](NCC(=O)O)C4)c23)cc1. The fourth-order valence-electron chi connectivity index (χ4n) is 4.80. The van der Waals surface area contributed by atoms with Crippen LogP contribution in [0.1, 0.15) is 25.7 Å². The minimum atomic E-state index is -0.839. The Morgan fingerprint density at radius 3 is 2.57 bits per heavy atom. The fraction of sp³-hybridized carbons (Fsp3) is 0.296. The summed E-state index contributed by atoms with van der Waals surface area (Å²) in [6.07, 6.45) is 5.29. The fourth-order valence-corrected chi connectivity index (χ4v) is 4.80. The van der Waals surface area contributed by atoms with E-state index in [0.29, 0.717) is 5.71 Å². The highest BCUT2D eigenvalue weighted by Gasteiger charge is 2.26. The first-order valence-electron chi connectivity index (χ1n) is 11.8. The van der Waals surface area contributed by atoms with Crippen LogP contribution >= 0.6 is 0 Å². The van der Waals surface area contributed by atoms with Crippen LogP contribution in [0.15, 0.2) is 65.3 Å².